The zero-order valence-electron chi connectivity index (χ0n) is 13.3. The monoisotopic (exact) mass is 485 g/mol. The Morgan fingerprint density at radius 1 is 1.19 bits per heavy atom. The van der Waals surface area contributed by atoms with E-state index in [4.69, 9.17) is 23.2 Å². The molecule has 2 aromatic carbocycles. The highest BCUT2D eigenvalue weighted by molar-refractivity contribution is 9.10. The number of carboxylic acids is 1. The first kappa shape index (κ1) is 19.8. The highest BCUT2D eigenvalue weighted by atomic mass is 79.9. The summed E-state index contributed by atoms with van der Waals surface area (Å²) < 4.78 is 0.360. The lowest BCUT2D eigenvalue weighted by molar-refractivity contribution is -0.131. The molecule has 1 heterocycles. The zero-order valence-corrected chi connectivity index (χ0v) is 17.2. The van der Waals surface area contributed by atoms with Crippen LogP contribution in [-0.4, -0.2) is 31.4 Å². The molecule has 3 rings (SSSR count). The lowest BCUT2D eigenvalue weighted by atomic mass is 10.2. The molecule has 0 aliphatic rings. The van der Waals surface area contributed by atoms with Gasteiger partial charge in [-0.1, -0.05) is 23.2 Å². The van der Waals surface area contributed by atoms with Gasteiger partial charge in [-0.05, 0) is 70.2 Å². The molecule has 6 nitrogen and oxygen atoms in total. The van der Waals surface area contributed by atoms with Crippen LogP contribution in [0.1, 0.15) is 5.56 Å². The molecule has 0 unspecified atom stereocenters. The molecule has 0 aliphatic heterocycles. The van der Waals surface area contributed by atoms with E-state index in [0.717, 1.165) is 17.3 Å². The first-order valence-electron chi connectivity index (χ1n) is 7.32. The minimum Gasteiger partial charge on any atom is -0.506 e. The van der Waals surface area contributed by atoms with Gasteiger partial charge in [0.1, 0.15) is 10.7 Å². The number of phenols is 1. The second-order valence-corrected chi connectivity index (χ2v) is 7.95. The fourth-order valence-corrected chi connectivity index (χ4v) is 3.76. The van der Waals surface area contributed by atoms with Crippen molar-refractivity contribution in [1.29, 1.82) is 0 Å². The van der Waals surface area contributed by atoms with Crippen LogP contribution >= 0.6 is 50.9 Å². The molecule has 0 saturated carbocycles. The van der Waals surface area contributed by atoms with Gasteiger partial charge >= 0.3 is 5.97 Å². The van der Waals surface area contributed by atoms with E-state index >= 15 is 0 Å². The van der Waals surface area contributed by atoms with Gasteiger partial charge in [0, 0.05) is 21.2 Å². The molecule has 0 bridgehead atoms. The number of aromatic amines is 1. The number of carboxylic acid groups (broad SMARTS) is 1. The van der Waals surface area contributed by atoms with Gasteiger partial charge < -0.3 is 10.2 Å². The van der Waals surface area contributed by atoms with E-state index in [0.29, 0.717) is 20.3 Å². The van der Waals surface area contributed by atoms with Crippen molar-refractivity contribution in [2.75, 3.05) is 0 Å². The number of aliphatic carboxylic acids is 1. The number of aromatic nitrogens is 3. The van der Waals surface area contributed by atoms with Crippen molar-refractivity contribution in [2.24, 2.45) is 0 Å². The Morgan fingerprint density at radius 2 is 1.89 bits per heavy atom. The van der Waals surface area contributed by atoms with Gasteiger partial charge in [0.15, 0.2) is 5.82 Å². The number of benzene rings is 2. The van der Waals surface area contributed by atoms with E-state index in [1.165, 1.54) is 18.2 Å². The normalized spacial score (nSPS) is 11.6. The number of hydrogen-bond acceptors (Lipinski definition) is 5. The maximum Gasteiger partial charge on any atom is 0.342 e. The van der Waals surface area contributed by atoms with Crippen molar-refractivity contribution < 1.29 is 15.0 Å². The van der Waals surface area contributed by atoms with Gasteiger partial charge in [-0.15, -0.1) is 5.10 Å². The lowest BCUT2D eigenvalue weighted by Crippen LogP contribution is -1.97. The van der Waals surface area contributed by atoms with Crippen molar-refractivity contribution in [3.63, 3.8) is 0 Å². The molecule has 1 aromatic heterocycles. The molecule has 0 atom stereocenters. The quantitative estimate of drug-likeness (QED) is 0.327. The largest absolute Gasteiger partial charge is 0.506 e. The predicted octanol–water partition coefficient (Wildman–Crippen LogP) is 5.46. The lowest BCUT2D eigenvalue weighted by Gasteiger charge is -2.05. The smallest absolute Gasteiger partial charge is 0.342 e. The second-order valence-electron chi connectivity index (χ2n) is 5.21. The molecule has 0 spiro atoms. The topological polar surface area (TPSA) is 99.1 Å². The fraction of sp³-hybridized carbons (Fsp3) is 0. The molecule has 3 aromatic rings. The highest BCUT2D eigenvalue weighted by Crippen LogP contribution is 2.35. The molecule has 0 saturated heterocycles. The molecular weight excluding hydrogens is 477 g/mol. The van der Waals surface area contributed by atoms with Gasteiger partial charge in [-0.3, -0.25) is 5.10 Å². The van der Waals surface area contributed by atoms with E-state index in [1.807, 2.05) is 0 Å². The zero-order chi connectivity index (χ0) is 19.6. The van der Waals surface area contributed by atoms with Gasteiger partial charge in [0.05, 0.1) is 4.47 Å². The minimum atomic E-state index is -1.19. The van der Waals surface area contributed by atoms with Crippen LogP contribution in [0.25, 0.3) is 17.5 Å². The Labute approximate surface area is 176 Å². The Morgan fingerprint density at radius 3 is 2.56 bits per heavy atom. The average Bonchev–Trinajstić information content (AvgIpc) is 3.07. The number of rotatable bonds is 5. The molecule has 138 valence electrons. The van der Waals surface area contributed by atoms with Gasteiger partial charge in [0.25, 0.3) is 0 Å². The number of nitrogens with zero attached hydrogens (tertiary/aromatic N) is 2. The second kappa shape index (κ2) is 8.35. The third-order valence-electron chi connectivity index (χ3n) is 3.34. The number of halogens is 3. The molecule has 27 heavy (non-hydrogen) atoms. The number of nitrogens with one attached hydrogen (secondary N) is 1. The number of aromatic hydroxyl groups is 1. The van der Waals surface area contributed by atoms with Crippen LogP contribution in [0.3, 0.4) is 0 Å². The summed E-state index contributed by atoms with van der Waals surface area (Å²) in [6, 6.07) is 9.94. The number of hydrogen-bond donors (Lipinski definition) is 3. The number of carbonyl (C=O) groups is 1. The Kier molecular flexibility index (Phi) is 6.11. The summed E-state index contributed by atoms with van der Waals surface area (Å²) in [6.07, 6.45) is 1.30. The summed E-state index contributed by atoms with van der Waals surface area (Å²) in [4.78, 5) is 15.8. The molecule has 10 heteroatoms. The fourth-order valence-electron chi connectivity index (χ4n) is 2.10. The van der Waals surface area contributed by atoms with Crippen LogP contribution in [0.15, 0.2) is 50.9 Å². The Balaban J connectivity index is 1.90. The van der Waals surface area contributed by atoms with Crippen LogP contribution in [-0.2, 0) is 4.79 Å². The third-order valence-corrected chi connectivity index (χ3v) is 5.29. The van der Waals surface area contributed by atoms with E-state index in [9.17, 15) is 15.0 Å². The summed E-state index contributed by atoms with van der Waals surface area (Å²) in [5.41, 5.74) is 1.02. The summed E-state index contributed by atoms with van der Waals surface area (Å²) in [7, 11) is 0. The van der Waals surface area contributed by atoms with Crippen LogP contribution in [0, 0.1) is 0 Å². The van der Waals surface area contributed by atoms with Gasteiger partial charge in [-0.2, -0.15) is 0 Å². The molecule has 0 radical (unpaired) electrons. The molecular formula is C17H10BrCl2N3O3S. The van der Waals surface area contributed by atoms with Crippen LogP contribution in [0.5, 0.6) is 5.75 Å². The maximum absolute atomic E-state index is 11.6. The number of thioether (sulfide) groups is 1. The predicted molar refractivity (Wildman–Crippen MR) is 109 cm³/mol. The van der Waals surface area contributed by atoms with Crippen molar-refractivity contribution in [2.45, 2.75) is 5.16 Å². The van der Waals surface area contributed by atoms with Crippen LogP contribution < -0.4 is 0 Å². The first-order valence-corrected chi connectivity index (χ1v) is 9.69. The summed E-state index contributed by atoms with van der Waals surface area (Å²) in [6.45, 7) is 0. The van der Waals surface area contributed by atoms with Crippen molar-refractivity contribution in [3.05, 3.63) is 61.4 Å². The van der Waals surface area contributed by atoms with Gasteiger partial charge in [0.2, 0.25) is 5.16 Å². The summed E-state index contributed by atoms with van der Waals surface area (Å²) in [5, 5.41) is 27.5. The van der Waals surface area contributed by atoms with Crippen molar-refractivity contribution in [1.82, 2.24) is 15.2 Å². The van der Waals surface area contributed by atoms with Crippen LogP contribution in [0.4, 0.5) is 0 Å². The first-order chi connectivity index (χ1) is 12.8. The van der Waals surface area contributed by atoms with E-state index in [1.54, 1.807) is 24.3 Å². The number of H-pyrrole nitrogens is 1. The highest BCUT2D eigenvalue weighted by Gasteiger charge is 2.16. The molecule has 3 N–H and O–H groups in total. The standard InChI is InChI=1S/C17H10BrCl2N3O3S/c18-12-7-11(20)5-9(14(12)24)6-13(16(25)26)27-17-21-15(22-23-17)8-1-3-10(19)4-2-8/h1-7,24H,(H,25,26)(H,21,22,23)/b13-6-. The third kappa shape index (κ3) is 4.84. The van der Waals surface area contributed by atoms with Gasteiger partial charge in [-0.25, -0.2) is 9.78 Å². The SMILES string of the molecule is O=C(O)/C(=C/c1cc(Cl)cc(Br)c1O)Sc1n[nH]c(-c2ccc(Cl)cc2)n1. The Hall–Kier alpha value is -2.00. The molecule has 0 amide bonds. The van der Waals surface area contributed by atoms with Crippen molar-refractivity contribution >= 4 is 62.9 Å². The average molecular weight is 487 g/mol. The number of phenolic OH excluding ortho intramolecular Hbond substituents is 1. The molecule has 0 fully saturated rings. The van der Waals surface area contributed by atoms with E-state index in [2.05, 4.69) is 31.1 Å². The van der Waals surface area contributed by atoms with Crippen LogP contribution in [0.2, 0.25) is 10.0 Å². The molecule has 0 aliphatic carbocycles. The van der Waals surface area contributed by atoms with E-state index < -0.39 is 5.97 Å². The van der Waals surface area contributed by atoms with Crippen molar-refractivity contribution in [3.8, 4) is 17.1 Å². The summed E-state index contributed by atoms with van der Waals surface area (Å²) >= 11 is 15.8. The Bertz CT molecular complexity index is 1040. The maximum atomic E-state index is 11.6. The summed E-state index contributed by atoms with van der Waals surface area (Å²) in [5.74, 6) is -0.823. The van der Waals surface area contributed by atoms with E-state index in [-0.39, 0.29) is 21.4 Å². The minimum absolute atomic E-state index is 0.0823.